The second-order valence-corrected chi connectivity index (χ2v) is 6.75. The number of hydrogen-bond donors (Lipinski definition) is 2. The van der Waals surface area contributed by atoms with E-state index in [1.807, 2.05) is 48.8 Å². The van der Waals surface area contributed by atoms with Gasteiger partial charge in [-0.15, -0.1) is 0 Å². The van der Waals surface area contributed by atoms with Gasteiger partial charge in [-0.1, -0.05) is 18.2 Å². The van der Waals surface area contributed by atoms with Crippen molar-refractivity contribution in [2.24, 2.45) is 5.92 Å². The maximum atomic E-state index is 12.8. The third-order valence-corrected chi connectivity index (χ3v) is 4.94. The Kier molecular flexibility index (Phi) is 5.09. The fourth-order valence-electron chi connectivity index (χ4n) is 3.58. The van der Waals surface area contributed by atoms with Gasteiger partial charge in [-0.05, 0) is 37.0 Å². The lowest BCUT2D eigenvalue weighted by molar-refractivity contribution is 0.0946. The molecule has 0 radical (unpaired) electrons. The fraction of sp³-hybridized carbons (Fsp3) is 0.300. The molecule has 4 rings (SSSR count). The van der Waals surface area contributed by atoms with Crippen LogP contribution in [0.3, 0.4) is 0 Å². The summed E-state index contributed by atoms with van der Waals surface area (Å²) < 4.78 is 0. The van der Waals surface area contributed by atoms with Crippen LogP contribution in [0.15, 0.2) is 55.1 Å². The van der Waals surface area contributed by atoms with E-state index < -0.39 is 0 Å². The first kappa shape index (κ1) is 17.2. The predicted octanol–water partition coefficient (Wildman–Crippen LogP) is 2.51. The first-order valence-electron chi connectivity index (χ1n) is 9.19. The highest BCUT2D eigenvalue weighted by Gasteiger charge is 2.21. The van der Waals surface area contributed by atoms with Crippen LogP contribution < -0.4 is 10.2 Å². The summed E-state index contributed by atoms with van der Waals surface area (Å²) in [5.74, 6) is 0.943. The van der Waals surface area contributed by atoms with Crippen molar-refractivity contribution < 1.29 is 4.79 Å². The molecule has 1 fully saturated rings. The normalized spacial score (nSPS) is 16.9. The number of amides is 1. The molecule has 3 aromatic rings. The maximum Gasteiger partial charge on any atom is 0.252 e. The van der Waals surface area contributed by atoms with Crippen LogP contribution in [0, 0.1) is 5.92 Å². The molecule has 7 heteroatoms. The number of H-pyrrole nitrogens is 1. The molecule has 27 heavy (non-hydrogen) atoms. The lowest BCUT2D eigenvalue weighted by atomic mass is 9.97. The molecule has 1 amide bonds. The first-order chi connectivity index (χ1) is 13.3. The van der Waals surface area contributed by atoms with Crippen LogP contribution in [0.25, 0.3) is 11.4 Å². The van der Waals surface area contributed by atoms with Crippen LogP contribution in [-0.4, -0.2) is 45.7 Å². The summed E-state index contributed by atoms with van der Waals surface area (Å²) in [6.45, 7) is 2.64. The zero-order valence-electron chi connectivity index (χ0n) is 15.0. The third-order valence-electron chi connectivity index (χ3n) is 4.94. The molecule has 1 saturated heterocycles. The average Bonchev–Trinajstić information content (AvgIpc) is 3.28. The number of nitrogens with one attached hydrogen (secondary N) is 2. The zero-order valence-corrected chi connectivity index (χ0v) is 15.0. The van der Waals surface area contributed by atoms with Gasteiger partial charge in [-0.25, -0.2) is 4.98 Å². The molecule has 1 aliphatic heterocycles. The Morgan fingerprint density at radius 3 is 2.89 bits per heavy atom. The van der Waals surface area contributed by atoms with Gasteiger partial charge in [0.2, 0.25) is 0 Å². The molecule has 1 aromatic carbocycles. The number of benzene rings is 1. The molecule has 2 N–H and O–H groups in total. The van der Waals surface area contributed by atoms with Gasteiger partial charge in [0.05, 0.1) is 5.56 Å². The standard InChI is InChI=1S/C20H22N6O/c27-20(18-6-2-1-5-17(18)19-23-14-24-25-19)22-12-15-4-3-11-26(13-15)16-7-9-21-10-8-16/h1-2,5-10,14-15H,3-4,11-13H2,(H,22,27)(H,23,24,25). The Balaban J connectivity index is 1.40. The molecule has 138 valence electrons. The number of pyridine rings is 1. The zero-order chi connectivity index (χ0) is 18.5. The summed E-state index contributed by atoms with van der Waals surface area (Å²) >= 11 is 0. The van der Waals surface area contributed by atoms with E-state index in [4.69, 9.17) is 0 Å². The molecule has 0 saturated carbocycles. The molecular formula is C20H22N6O. The van der Waals surface area contributed by atoms with Gasteiger partial charge in [0.1, 0.15) is 6.33 Å². The Bertz CT molecular complexity index is 881. The molecule has 0 aliphatic carbocycles. The van der Waals surface area contributed by atoms with Crippen molar-refractivity contribution in [1.29, 1.82) is 0 Å². The topological polar surface area (TPSA) is 86.8 Å². The van der Waals surface area contributed by atoms with Crippen molar-refractivity contribution in [3.8, 4) is 11.4 Å². The van der Waals surface area contributed by atoms with E-state index in [2.05, 4.69) is 30.4 Å². The Morgan fingerprint density at radius 1 is 1.22 bits per heavy atom. The van der Waals surface area contributed by atoms with Crippen LogP contribution >= 0.6 is 0 Å². The molecule has 1 aliphatic rings. The van der Waals surface area contributed by atoms with E-state index in [0.717, 1.165) is 31.5 Å². The number of aromatic amines is 1. The quantitative estimate of drug-likeness (QED) is 0.728. The van der Waals surface area contributed by atoms with E-state index in [0.29, 0.717) is 23.9 Å². The van der Waals surface area contributed by atoms with E-state index in [9.17, 15) is 4.79 Å². The number of carbonyl (C=O) groups excluding carboxylic acids is 1. The summed E-state index contributed by atoms with van der Waals surface area (Å²) in [7, 11) is 0. The van der Waals surface area contributed by atoms with Crippen molar-refractivity contribution in [1.82, 2.24) is 25.5 Å². The number of anilines is 1. The highest BCUT2D eigenvalue weighted by molar-refractivity contribution is 6.00. The average molecular weight is 362 g/mol. The summed E-state index contributed by atoms with van der Waals surface area (Å²) in [5.41, 5.74) is 2.56. The van der Waals surface area contributed by atoms with Gasteiger partial charge < -0.3 is 10.2 Å². The van der Waals surface area contributed by atoms with Gasteiger partial charge in [0, 0.05) is 43.3 Å². The summed E-state index contributed by atoms with van der Waals surface area (Å²) in [5, 5.41) is 9.81. The Morgan fingerprint density at radius 2 is 2.07 bits per heavy atom. The van der Waals surface area contributed by atoms with Crippen molar-refractivity contribution in [2.45, 2.75) is 12.8 Å². The SMILES string of the molecule is O=C(NCC1CCCN(c2ccncc2)C1)c1ccccc1-c1ncn[nH]1. The van der Waals surface area contributed by atoms with Crippen LogP contribution in [0.1, 0.15) is 23.2 Å². The maximum absolute atomic E-state index is 12.8. The predicted molar refractivity (Wildman–Crippen MR) is 103 cm³/mol. The van der Waals surface area contributed by atoms with E-state index in [1.54, 1.807) is 0 Å². The van der Waals surface area contributed by atoms with E-state index in [-0.39, 0.29) is 5.91 Å². The van der Waals surface area contributed by atoms with Gasteiger partial charge in [-0.2, -0.15) is 5.10 Å². The van der Waals surface area contributed by atoms with Crippen molar-refractivity contribution in [2.75, 3.05) is 24.5 Å². The molecule has 0 bridgehead atoms. The molecule has 1 unspecified atom stereocenters. The van der Waals surface area contributed by atoms with Crippen LogP contribution in [0.2, 0.25) is 0 Å². The fourth-order valence-corrected chi connectivity index (χ4v) is 3.58. The minimum Gasteiger partial charge on any atom is -0.371 e. The molecule has 3 heterocycles. The minimum absolute atomic E-state index is 0.0805. The summed E-state index contributed by atoms with van der Waals surface area (Å²) in [6.07, 6.45) is 7.32. The van der Waals surface area contributed by atoms with Crippen molar-refractivity contribution >= 4 is 11.6 Å². The smallest absolute Gasteiger partial charge is 0.252 e. The molecular weight excluding hydrogens is 340 g/mol. The second-order valence-electron chi connectivity index (χ2n) is 6.75. The van der Waals surface area contributed by atoms with Crippen LogP contribution in [0.4, 0.5) is 5.69 Å². The minimum atomic E-state index is -0.0805. The monoisotopic (exact) mass is 362 g/mol. The number of hydrogen-bond acceptors (Lipinski definition) is 5. The van der Waals surface area contributed by atoms with E-state index >= 15 is 0 Å². The lowest BCUT2D eigenvalue weighted by Crippen LogP contribution is -2.41. The number of nitrogens with zero attached hydrogens (tertiary/aromatic N) is 4. The Labute approximate surface area is 157 Å². The summed E-state index contributed by atoms with van der Waals surface area (Å²) in [6, 6.07) is 11.5. The highest BCUT2D eigenvalue weighted by atomic mass is 16.1. The van der Waals surface area contributed by atoms with E-state index in [1.165, 1.54) is 12.0 Å². The van der Waals surface area contributed by atoms with Gasteiger partial charge in [0.25, 0.3) is 5.91 Å². The lowest BCUT2D eigenvalue weighted by Gasteiger charge is -2.34. The number of rotatable bonds is 5. The van der Waals surface area contributed by atoms with Crippen LogP contribution in [0.5, 0.6) is 0 Å². The molecule has 2 aromatic heterocycles. The van der Waals surface area contributed by atoms with Gasteiger partial charge in [-0.3, -0.25) is 14.9 Å². The third kappa shape index (κ3) is 3.97. The summed E-state index contributed by atoms with van der Waals surface area (Å²) in [4.78, 5) is 23.4. The number of piperidine rings is 1. The second kappa shape index (κ2) is 7.99. The molecule has 0 spiro atoms. The van der Waals surface area contributed by atoms with Crippen molar-refractivity contribution in [3.63, 3.8) is 0 Å². The largest absolute Gasteiger partial charge is 0.371 e. The van der Waals surface area contributed by atoms with Crippen LogP contribution in [-0.2, 0) is 0 Å². The number of carbonyl (C=O) groups is 1. The number of aromatic nitrogens is 4. The van der Waals surface area contributed by atoms with Crippen molar-refractivity contribution in [3.05, 3.63) is 60.7 Å². The molecule has 7 nitrogen and oxygen atoms in total. The highest BCUT2D eigenvalue weighted by Crippen LogP contribution is 2.23. The van der Waals surface area contributed by atoms with Gasteiger partial charge in [0.15, 0.2) is 5.82 Å². The Hall–Kier alpha value is -3.22. The van der Waals surface area contributed by atoms with Gasteiger partial charge >= 0.3 is 0 Å². The molecule has 1 atom stereocenters. The first-order valence-corrected chi connectivity index (χ1v) is 9.19.